The van der Waals surface area contributed by atoms with Gasteiger partial charge in [-0.1, -0.05) is 13.1 Å². The highest BCUT2D eigenvalue weighted by Crippen LogP contribution is 2.28. The summed E-state index contributed by atoms with van der Waals surface area (Å²) in [5.74, 6) is 0. The average molecular weight is 558 g/mol. The summed E-state index contributed by atoms with van der Waals surface area (Å²) in [6.07, 6.45) is 1.21. The summed E-state index contributed by atoms with van der Waals surface area (Å²) in [7, 11) is -12.1. The molecule has 0 aromatic heterocycles. The Hall–Kier alpha value is 0.749. The molecule has 5 N–H and O–H groups in total. The highest BCUT2D eigenvalue weighted by molar-refractivity contribution is 7.14. The molecule has 1 aliphatic heterocycles. The standard InChI is InChI=1S/C17H48BN3O7Si5/c1-29(2,18)25-33(23,17-21-12-14-24-15-13-21)28-31(5,6)27-32(7,26-30(3,4)22)16-8-10-20-11-9-19/h20,22-23H,8-19H2,1-7H3. The number of hydrogen-bond donors (Lipinski definition) is 4. The van der Waals surface area contributed by atoms with Crippen LogP contribution in [0.5, 0.6) is 0 Å². The molecule has 1 fully saturated rings. The molecule has 16 heteroatoms. The first kappa shape index (κ1) is 31.8. The Balaban J connectivity index is 2.97. The van der Waals surface area contributed by atoms with Gasteiger partial charge in [0.05, 0.1) is 19.4 Å². The van der Waals surface area contributed by atoms with Gasteiger partial charge in [-0.25, -0.2) is 0 Å². The van der Waals surface area contributed by atoms with E-state index in [1.807, 2.05) is 19.6 Å². The topological polar surface area (TPSA) is 128 Å². The molecule has 2 atom stereocenters. The number of ether oxygens (including phenoxy) is 1. The molecular formula is C17H48BN3O7Si5. The van der Waals surface area contributed by atoms with Crippen molar-refractivity contribution in [2.45, 2.75) is 58.3 Å². The van der Waals surface area contributed by atoms with Gasteiger partial charge in [0.2, 0.25) is 0 Å². The Morgan fingerprint density at radius 1 is 0.939 bits per heavy atom. The van der Waals surface area contributed by atoms with Gasteiger partial charge >= 0.3 is 34.5 Å². The molecule has 0 aliphatic carbocycles. The van der Waals surface area contributed by atoms with Crippen LogP contribution in [-0.4, -0.2) is 117 Å². The van der Waals surface area contributed by atoms with E-state index in [0.717, 1.165) is 32.6 Å². The van der Waals surface area contributed by atoms with Crippen molar-refractivity contribution in [3.63, 3.8) is 0 Å². The average Bonchev–Trinajstić information content (AvgIpc) is 2.57. The Morgan fingerprint density at radius 2 is 1.55 bits per heavy atom. The third kappa shape index (κ3) is 14.8. The third-order valence-corrected chi connectivity index (χ3v) is 21.1. The van der Waals surface area contributed by atoms with E-state index in [9.17, 15) is 9.59 Å². The van der Waals surface area contributed by atoms with E-state index in [-0.39, 0.29) is 0 Å². The van der Waals surface area contributed by atoms with E-state index in [0.29, 0.717) is 32.0 Å². The van der Waals surface area contributed by atoms with Gasteiger partial charge in [-0.2, -0.15) is 0 Å². The molecule has 1 aliphatic rings. The highest BCUT2D eigenvalue weighted by Gasteiger charge is 2.51. The van der Waals surface area contributed by atoms with Crippen LogP contribution < -0.4 is 11.1 Å². The number of nitrogens with one attached hydrogen (secondary N) is 1. The predicted octanol–water partition coefficient (Wildman–Crippen LogP) is -0.403. The molecule has 0 saturated carbocycles. The number of hydrogen-bond acceptors (Lipinski definition) is 10. The number of nitrogens with zero attached hydrogens (tertiary/aromatic N) is 1. The molecule has 2 unspecified atom stereocenters. The van der Waals surface area contributed by atoms with Crippen LogP contribution in [-0.2, 0) is 21.2 Å². The van der Waals surface area contributed by atoms with Gasteiger partial charge in [-0.15, -0.1) is 0 Å². The van der Waals surface area contributed by atoms with E-state index in [4.69, 9.17) is 26.9 Å². The van der Waals surface area contributed by atoms with Crippen molar-refractivity contribution >= 4 is 50.1 Å². The normalized spacial score (nSPS) is 20.4. The van der Waals surface area contributed by atoms with Gasteiger partial charge in [0.1, 0.15) is 15.6 Å². The fourth-order valence-corrected chi connectivity index (χ4v) is 23.9. The minimum absolute atomic E-state index is 0.364. The van der Waals surface area contributed by atoms with Gasteiger partial charge in [0.15, 0.2) is 0 Å². The lowest BCUT2D eigenvalue weighted by molar-refractivity contribution is 0.0375. The van der Waals surface area contributed by atoms with Crippen molar-refractivity contribution in [3.05, 3.63) is 0 Å². The molecule has 1 heterocycles. The minimum Gasteiger partial charge on any atom is -0.423 e. The lowest BCUT2D eigenvalue weighted by Crippen LogP contribution is -2.65. The van der Waals surface area contributed by atoms with E-state index >= 15 is 0 Å². The number of rotatable bonds is 16. The number of nitrogens with two attached hydrogens (primary N) is 1. The first-order valence-electron chi connectivity index (χ1n) is 11.9. The smallest absolute Gasteiger partial charge is 0.423 e. The SMILES string of the molecule is B[Si](C)(C)O[Si](O)(CN1CCOCC1)O[Si](C)(C)O[Si](C)(CCCNCCN)O[Si](C)(C)O. The maximum Gasteiger partial charge on any atom is 0.493 e. The molecule has 1 saturated heterocycles. The van der Waals surface area contributed by atoms with Crippen molar-refractivity contribution < 1.29 is 30.8 Å². The summed E-state index contributed by atoms with van der Waals surface area (Å²) in [4.78, 5) is 24.3. The maximum absolute atomic E-state index is 11.7. The van der Waals surface area contributed by atoms with Gasteiger partial charge in [-0.3, -0.25) is 4.90 Å². The molecular weight excluding hydrogens is 509 g/mol. The quantitative estimate of drug-likeness (QED) is 0.147. The fourth-order valence-electron chi connectivity index (χ4n) is 3.94. The van der Waals surface area contributed by atoms with E-state index in [1.54, 1.807) is 13.1 Å². The second-order valence-corrected chi connectivity index (χ2v) is 28.4. The largest absolute Gasteiger partial charge is 0.493 e. The molecule has 0 bridgehead atoms. The van der Waals surface area contributed by atoms with Crippen LogP contribution in [0.2, 0.25) is 51.9 Å². The molecule has 33 heavy (non-hydrogen) atoms. The van der Waals surface area contributed by atoms with Crippen molar-refractivity contribution in [2.24, 2.45) is 5.73 Å². The molecule has 196 valence electrons. The maximum atomic E-state index is 11.7. The Morgan fingerprint density at radius 3 is 2.06 bits per heavy atom. The second kappa shape index (κ2) is 13.3. The molecule has 0 radical (unpaired) electrons. The van der Waals surface area contributed by atoms with Crippen molar-refractivity contribution in [1.29, 1.82) is 0 Å². The summed E-state index contributed by atoms with van der Waals surface area (Å²) in [6, 6.07) is 0.708. The first-order chi connectivity index (χ1) is 15.0. The van der Waals surface area contributed by atoms with E-state index in [1.165, 1.54) is 0 Å². The Labute approximate surface area is 207 Å². The fraction of sp³-hybridized carbons (Fsp3) is 1.00. The lowest BCUT2D eigenvalue weighted by Gasteiger charge is -2.43. The van der Waals surface area contributed by atoms with Gasteiger partial charge < -0.3 is 41.8 Å². The summed E-state index contributed by atoms with van der Waals surface area (Å²) >= 11 is 0. The van der Waals surface area contributed by atoms with Crippen LogP contribution in [0, 0.1) is 0 Å². The predicted molar refractivity (Wildman–Crippen MR) is 146 cm³/mol. The number of morpholine rings is 1. The zero-order valence-corrected chi connectivity index (χ0v) is 27.0. The van der Waals surface area contributed by atoms with E-state index in [2.05, 4.69) is 30.7 Å². The highest BCUT2D eigenvalue weighted by atomic mass is 28.5. The summed E-state index contributed by atoms with van der Waals surface area (Å²) in [6.45, 7) is 18.4. The molecule has 10 nitrogen and oxygen atoms in total. The van der Waals surface area contributed by atoms with Crippen molar-refractivity contribution in [1.82, 2.24) is 10.2 Å². The van der Waals surface area contributed by atoms with Gasteiger partial charge in [-0.05, 0) is 51.7 Å². The third-order valence-electron chi connectivity index (χ3n) is 4.63. The first-order valence-corrected chi connectivity index (χ1v) is 25.5. The summed E-state index contributed by atoms with van der Waals surface area (Å²) < 4.78 is 31.1. The molecule has 0 aromatic rings. The monoisotopic (exact) mass is 557 g/mol. The van der Waals surface area contributed by atoms with Crippen LogP contribution >= 0.6 is 0 Å². The summed E-state index contributed by atoms with van der Waals surface area (Å²) in [5.41, 5.74) is 5.55. The minimum atomic E-state index is -3.56. The zero-order chi connectivity index (χ0) is 25.4. The molecule has 0 amide bonds. The van der Waals surface area contributed by atoms with Crippen LogP contribution in [0.4, 0.5) is 0 Å². The molecule has 0 aromatic carbocycles. The summed E-state index contributed by atoms with van der Waals surface area (Å²) in [5, 5.41) is 3.29. The van der Waals surface area contributed by atoms with E-state index < -0.39 is 42.7 Å². The Bertz CT molecular complexity index is 582. The second-order valence-electron chi connectivity index (χ2n) is 10.7. The van der Waals surface area contributed by atoms with Gasteiger partial charge in [0.25, 0.3) is 0 Å². The van der Waals surface area contributed by atoms with Crippen LogP contribution in [0.3, 0.4) is 0 Å². The molecule has 0 spiro atoms. The Kier molecular flexibility index (Phi) is 12.8. The van der Waals surface area contributed by atoms with Crippen molar-refractivity contribution in [3.8, 4) is 0 Å². The zero-order valence-electron chi connectivity index (χ0n) is 22.0. The van der Waals surface area contributed by atoms with Crippen LogP contribution in [0.25, 0.3) is 0 Å². The van der Waals surface area contributed by atoms with Crippen LogP contribution in [0.1, 0.15) is 6.42 Å². The molecule has 1 rings (SSSR count). The lowest BCUT2D eigenvalue weighted by atomic mass is 10.5. The van der Waals surface area contributed by atoms with Crippen molar-refractivity contribution in [2.75, 3.05) is 52.1 Å². The van der Waals surface area contributed by atoms with Crippen LogP contribution in [0.15, 0.2) is 0 Å². The van der Waals surface area contributed by atoms with Gasteiger partial charge in [0, 0.05) is 26.2 Å².